The molecular weight excluding hydrogens is 214 g/mol. The van der Waals surface area contributed by atoms with Crippen LogP contribution in [0.3, 0.4) is 0 Å². The summed E-state index contributed by atoms with van der Waals surface area (Å²) in [5, 5.41) is 3.42. The lowest BCUT2D eigenvalue weighted by atomic mass is 10.1. The second kappa shape index (κ2) is 3.71. The number of nitrogens with zero attached hydrogens (tertiary/aromatic N) is 1. The van der Waals surface area contributed by atoms with Crippen molar-refractivity contribution in [3.63, 3.8) is 0 Å². The molecule has 0 unspecified atom stereocenters. The van der Waals surface area contributed by atoms with Crippen molar-refractivity contribution in [3.8, 4) is 10.6 Å². The Bertz CT molecular complexity index is 442. The van der Waals surface area contributed by atoms with Crippen LogP contribution in [0.15, 0.2) is 23.6 Å². The van der Waals surface area contributed by atoms with Gasteiger partial charge in [0.1, 0.15) is 10.2 Å². The van der Waals surface area contributed by atoms with E-state index < -0.39 is 0 Å². The molecule has 0 N–H and O–H groups in total. The summed E-state index contributed by atoms with van der Waals surface area (Å²) in [4.78, 5) is 4.25. The molecule has 0 saturated heterocycles. The minimum Gasteiger partial charge on any atom is -0.224 e. The predicted octanol–water partition coefficient (Wildman–Crippen LogP) is 4.08. The van der Waals surface area contributed by atoms with E-state index in [2.05, 4.69) is 37.0 Å². The van der Waals surface area contributed by atoms with Gasteiger partial charge in [0.2, 0.25) is 0 Å². The van der Waals surface area contributed by atoms with Crippen LogP contribution in [0.25, 0.3) is 10.6 Å². The van der Waals surface area contributed by atoms with Gasteiger partial charge in [-0.2, -0.15) is 0 Å². The number of rotatable bonds is 1. The molecule has 2 aromatic rings. The van der Waals surface area contributed by atoms with E-state index in [1.807, 2.05) is 5.38 Å². The van der Waals surface area contributed by atoms with E-state index in [1.165, 1.54) is 11.1 Å². The fraction of sp³-hybridized carbons (Fsp3) is 0.182. The molecule has 1 nitrogen and oxygen atoms in total. The van der Waals surface area contributed by atoms with Crippen molar-refractivity contribution in [1.82, 2.24) is 4.98 Å². The van der Waals surface area contributed by atoms with E-state index in [0.29, 0.717) is 5.15 Å². The molecule has 0 amide bonds. The average Bonchev–Trinajstić information content (AvgIpc) is 2.50. The zero-order chi connectivity index (χ0) is 10.1. The van der Waals surface area contributed by atoms with Crippen LogP contribution in [0.5, 0.6) is 0 Å². The summed E-state index contributed by atoms with van der Waals surface area (Å²) in [6, 6.07) is 6.41. The molecule has 0 radical (unpaired) electrons. The summed E-state index contributed by atoms with van der Waals surface area (Å²) >= 11 is 7.37. The Morgan fingerprint density at radius 3 is 2.29 bits per heavy atom. The van der Waals surface area contributed by atoms with Gasteiger partial charge < -0.3 is 0 Å². The fourth-order valence-electron chi connectivity index (χ4n) is 1.48. The van der Waals surface area contributed by atoms with Crippen molar-refractivity contribution in [3.05, 3.63) is 39.9 Å². The van der Waals surface area contributed by atoms with Crippen LogP contribution in [-0.2, 0) is 0 Å². The lowest BCUT2D eigenvalue weighted by Gasteiger charge is -2.00. The number of aromatic nitrogens is 1. The summed E-state index contributed by atoms with van der Waals surface area (Å²) in [6.45, 7) is 4.18. The normalized spacial score (nSPS) is 10.5. The Morgan fingerprint density at radius 2 is 1.79 bits per heavy atom. The maximum Gasteiger partial charge on any atom is 0.140 e. The summed E-state index contributed by atoms with van der Waals surface area (Å²) in [6.07, 6.45) is 0. The Hall–Kier alpha value is -0.860. The molecule has 3 heteroatoms. The van der Waals surface area contributed by atoms with Gasteiger partial charge in [0.25, 0.3) is 0 Å². The van der Waals surface area contributed by atoms with Gasteiger partial charge in [0.05, 0.1) is 0 Å². The molecule has 1 aromatic carbocycles. The van der Waals surface area contributed by atoms with Crippen molar-refractivity contribution in [2.75, 3.05) is 0 Å². The van der Waals surface area contributed by atoms with E-state index in [4.69, 9.17) is 11.6 Å². The molecule has 0 aliphatic rings. The molecule has 1 aromatic heterocycles. The highest BCUT2D eigenvalue weighted by atomic mass is 35.5. The minimum absolute atomic E-state index is 0.573. The highest BCUT2D eigenvalue weighted by Crippen LogP contribution is 2.27. The topological polar surface area (TPSA) is 12.9 Å². The van der Waals surface area contributed by atoms with Crippen LogP contribution in [-0.4, -0.2) is 4.98 Å². The highest BCUT2D eigenvalue weighted by molar-refractivity contribution is 7.13. The highest BCUT2D eigenvalue weighted by Gasteiger charge is 2.03. The molecule has 0 aliphatic carbocycles. The monoisotopic (exact) mass is 223 g/mol. The maximum atomic E-state index is 5.79. The zero-order valence-electron chi connectivity index (χ0n) is 8.04. The molecule has 0 atom stereocenters. The van der Waals surface area contributed by atoms with Crippen LogP contribution in [0.2, 0.25) is 5.15 Å². The molecule has 1 heterocycles. The summed E-state index contributed by atoms with van der Waals surface area (Å²) in [5.74, 6) is 0. The molecule has 0 saturated carbocycles. The van der Waals surface area contributed by atoms with E-state index in [-0.39, 0.29) is 0 Å². The number of thiazole rings is 1. The Balaban J connectivity index is 2.51. The van der Waals surface area contributed by atoms with Crippen molar-refractivity contribution < 1.29 is 0 Å². The van der Waals surface area contributed by atoms with Crippen molar-refractivity contribution >= 4 is 22.9 Å². The van der Waals surface area contributed by atoms with Gasteiger partial charge in [-0.3, -0.25) is 0 Å². The molecule has 72 valence electrons. The average molecular weight is 224 g/mol. The van der Waals surface area contributed by atoms with Crippen LogP contribution in [0.4, 0.5) is 0 Å². The second-order valence-electron chi connectivity index (χ2n) is 3.35. The van der Waals surface area contributed by atoms with Crippen LogP contribution < -0.4 is 0 Å². The molecule has 2 rings (SSSR count). The van der Waals surface area contributed by atoms with E-state index in [9.17, 15) is 0 Å². The standard InChI is InChI=1S/C11H10ClNS/c1-7-3-8(2)5-9(4-7)11-13-10(12)6-14-11/h3-6H,1-2H3. The molecule has 0 fully saturated rings. The smallest absolute Gasteiger partial charge is 0.140 e. The first-order chi connectivity index (χ1) is 6.65. The van der Waals surface area contributed by atoms with Crippen LogP contribution >= 0.6 is 22.9 Å². The minimum atomic E-state index is 0.573. The maximum absolute atomic E-state index is 5.79. The summed E-state index contributed by atoms with van der Waals surface area (Å²) in [7, 11) is 0. The fourth-order valence-corrected chi connectivity index (χ4v) is 2.42. The summed E-state index contributed by atoms with van der Waals surface area (Å²) in [5.41, 5.74) is 3.66. The summed E-state index contributed by atoms with van der Waals surface area (Å²) < 4.78 is 0. The lowest BCUT2D eigenvalue weighted by molar-refractivity contribution is 1.35. The van der Waals surface area contributed by atoms with E-state index >= 15 is 0 Å². The third-order valence-electron chi connectivity index (χ3n) is 1.94. The van der Waals surface area contributed by atoms with Crippen molar-refractivity contribution in [2.45, 2.75) is 13.8 Å². The molecular formula is C11H10ClNS. The van der Waals surface area contributed by atoms with Gasteiger partial charge in [-0.25, -0.2) is 4.98 Å². The van der Waals surface area contributed by atoms with Crippen LogP contribution in [0.1, 0.15) is 11.1 Å². The van der Waals surface area contributed by atoms with Crippen molar-refractivity contribution in [1.29, 1.82) is 0 Å². The first kappa shape index (κ1) is 9.69. The van der Waals surface area contributed by atoms with E-state index in [0.717, 1.165) is 10.6 Å². The largest absolute Gasteiger partial charge is 0.224 e. The van der Waals surface area contributed by atoms with Crippen molar-refractivity contribution in [2.24, 2.45) is 0 Å². The molecule has 0 spiro atoms. The molecule has 14 heavy (non-hydrogen) atoms. The molecule has 0 aliphatic heterocycles. The zero-order valence-corrected chi connectivity index (χ0v) is 9.62. The quantitative estimate of drug-likeness (QED) is 0.710. The third kappa shape index (κ3) is 1.97. The number of halogens is 1. The Morgan fingerprint density at radius 1 is 1.14 bits per heavy atom. The van der Waals surface area contributed by atoms with E-state index in [1.54, 1.807) is 11.3 Å². The predicted molar refractivity (Wildman–Crippen MR) is 62.0 cm³/mol. The van der Waals surface area contributed by atoms with Gasteiger partial charge >= 0.3 is 0 Å². The van der Waals surface area contributed by atoms with Crippen LogP contribution in [0, 0.1) is 13.8 Å². The number of hydrogen-bond donors (Lipinski definition) is 0. The number of hydrogen-bond acceptors (Lipinski definition) is 2. The lowest BCUT2D eigenvalue weighted by Crippen LogP contribution is -1.81. The number of benzene rings is 1. The first-order valence-corrected chi connectivity index (χ1v) is 5.60. The first-order valence-electron chi connectivity index (χ1n) is 4.35. The third-order valence-corrected chi connectivity index (χ3v) is 3.16. The van der Waals surface area contributed by atoms with Gasteiger partial charge in [-0.15, -0.1) is 11.3 Å². The SMILES string of the molecule is Cc1cc(C)cc(-c2nc(Cl)cs2)c1. The number of aryl methyl sites for hydroxylation is 2. The van der Waals surface area contributed by atoms with Gasteiger partial charge in [-0.1, -0.05) is 28.8 Å². The molecule has 0 bridgehead atoms. The Labute approximate surface area is 92.4 Å². The van der Waals surface area contributed by atoms with Gasteiger partial charge in [0, 0.05) is 10.9 Å². The second-order valence-corrected chi connectivity index (χ2v) is 4.60. The van der Waals surface area contributed by atoms with Gasteiger partial charge in [0.15, 0.2) is 0 Å². The Kier molecular flexibility index (Phi) is 2.57. The van der Waals surface area contributed by atoms with Gasteiger partial charge in [-0.05, 0) is 26.0 Å².